The third kappa shape index (κ3) is 1.54. The average Bonchev–Trinajstić information content (AvgIpc) is 2.68. The highest BCUT2D eigenvalue weighted by atomic mass is 15.4. The molecule has 6 heteroatoms. The van der Waals surface area contributed by atoms with Crippen molar-refractivity contribution in [1.82, 2.24) is 24.7 Å². The molecule has 2 aromatic rings. The lowest BCUT2D eigenvalue weighted by atomic mass is 10.7. The number of rotatable bonds is 2. The fraction of sp³-hybridized carbons (Fsp3) is 0.250. The second-order valence-electron chi connectivity index (χ2n) is 2.93. The molecule has 0 aromatic carbocycles. The van der Waals surface area contributed by atoms with Crippen molar-refractivity contribution in [1.29, 1.82) is 0 Å². The SMILES string of the molecule is CN(C)c1ncn(-c2ncccn2)n1. The molecule has 0 saturated carbocycles. The summed E-state index contributed by atoms with van der Waals surface area (Å²) in [5.74, 6) is 1.16. The summed E-state index contributed by atoms with van der Waals surface area (Å²) in [6.07, 6.45) is 4.92. The van der Waals surface area contributed by atoms with E-state index in [1.165, 1.54) is 4.68 Å². The molecule has 0 aliphatic carbocycles. The molecule has 0 bridgehead atoms. The van der Waals surface area contributed by atoms with E-state index in [1.807, 2.05) is 19.0 Å². The number of aromatic nitrogens is 5. The maximum Gasteiger partial charge on any atom is 0.252 e. The maximum absolute atomic E-state index is 4.19. The van der Waals surface area contributed by atoms with E-state index in [0.717, 1.165) is 0 Å². The highest BCUT2D eigenvalue weighted by molar-refractivity contribution is 5.25. The first-order chi connectivity index (χ1) is 6.77. The van der Waals surface area contributed by atoms with Gasteiger partial charge in [0.05, 0.1) is 0 Å². The van der Waals surface area contributed by atoms with Crippen LogP contribution in [0.5, 0.6) is 0 Å². The molecule has 0 fully saturated rings. The Labute approximate surface area is 81.2 Å². The molecule has 0 spiro atoms. The topological polar surface area (TPSA) is 59.7 Å². The second kappa shape index (κ2) is 3.41. The van der Waals surface area contributed by atoms with Gasteiger partial charge in [-0.05, 0) is 6.07 Å². The summed E-state index contributed by atoms with van der Waals surface area (Å²) in [7, 11) is 3.76. The van der Waals surface area contributed by atoms with E-state index in [-0.39, 0.29) is 0 Å². The average molecular weight is 190 g/mol. The van der Waals surface area contributed by atoms with Crippen LogP contribution in [-0.4, -0.2) is 38.8 Å². The molecule has 0 radical (unpaired) electrons. The van der Waals surface area contributed by atoms with Crippen LogP contribution in [0, 0.1) is 0 Å². The molecule has 2 aromatic heterocycles. The van der Waals surface area contributed by atoms with Crippen LogP contribution in [0.25, 0.3) is 5.95 Å². The van der Waals surface area contributed by atoms with Crippen LogP contribution in [0.15, 0.2) is 24.8 Å². The number of nitrogens with zero attached hydrogens (tertiary/aromatic N) is 6. The van der Waals surface area contributed by atoms with Crippen molar-refractivity contribution >= 4 is 5.95 Å². The lowest BCUT2D eigenvalue weighted by Crippen LogP contribution is -2.11. The molecule has 0 saturated heterocycles. The second-order valence-corrected chi connectivity index (χ2v) is 2.93. The van der Waals surface area contributed by atoms with Crippen molar-refractivity contribution in [2.45, 2.75) is 0 Å². The molecule has 72 valence electrons. The minimum absolute atomic E-state index is 0.521. The van der Waals surface area contributed by atoms with Crippen LogP contribution in [0.2, 0.25) is 0 Å². The van der Waals surface area contributed by atoms with Crippen molar-refractivity contribution in [3.63, 3.8) is 0 Å². The standard InChI is InChI=1S/C8H10N6/c1-13(2)8-11-6-14(12-8)7-9-4-3-5-10-7/h3-6H,1-2H3. The van der Waals surface area contributed by atoms with Gasteiger partial charge < -0.3 is 4.90 Å². The lowest BCUT2D eigenvalue weighted by molar-refractivity contribution is 0.801. The predicted octanol–water partition coefficient (Wildman–Crippen LogP) is 0.123. The van der Waals surface area contributed by atoms with Gasteiger partial charge in [0, 0.05) is 26.5 Å². The van der Waals surface area contributed by atoms with Gasteiger partial charge in [0.2, 0.25) is 5.95 Å². The normalized spacial score (nSPS) is 10.1. The zero-order valence-corrected chi connectivity index (χ0v) is 7.99. The summed E-state index contributed by atoms with van der Waals surface area (Å²) >= 11 is 0. The molecule has 0 N–H and O–H groups in total. The van der Waals surface area contributed by atoms with E-state index < -0.39 is 0 Å². The van der Waals surface area contributed by atoms with Crippen molar-refractivity contribution < 1.29 is 0 Å². The minimum Gasteiger partial charge on any atom is -0.346 e. The van der Waals surface area contributed by atoms with Crippen LogP contribution in [-0.2, 0) is 0 Å². The molecule has 0 aliphatic rings. The van der Waals surface area contributed by atoms with Crippen LogP contribution < -0.4 is 4.90 Å². The van der Waals surface area contributed by atoms with Gasteiger partial charge in [0.1, 0.15) is 6.33 Å². The van der Waals surface area contributed by atoms with Crippen molar-refractivity contribution in [2.24, 2.45) is 0 Å². The van der Waals surface area contributed by atoms with Crippen LogP contribution in [0.3, 0.4) is 0 Å². The Bertz CT molecular complexity index is 407. The molecule has 0 atom stereocenters. The largest absolute Gasteiger partial charge is 0.346 e. The first-order valence-electron chi connectivity index (χ1n) is 4.14. The number of hydrogen-bond acceptors (Lipinski definition) is 5. The van der Waals surface area contributed by atoms with E-state index in [4.69, 9.17) is 0 Å². The fourth-order valence-electron chi connectivity index (χ4n) is 0.965. The monoisotopic (exact) mass is 190 g/mol. The van der Waals surface area contributed by atoms with Gasteiger partial charge >= 0.3 is 0 Å². The van der Waals surface area contributed by atoms with Gasteiger partial charge in [0.25, 0.3) is 5.95 Å². The van der Waals surface area contributed by atoms with Gasteiger partial charge in [-0.15, -0.1) is 5.10 Å². The van der Waals surface area contributed by atoms with E-state index in [2.05, 4.69) is 20.1 Å². The van der Waals surface area contributed by atoms with Gasteiger partial charge in [-0.3, -0.25) is 0 Å². The molecule has 6 nitrogen and oxygen atoms in total. The van der Waals surface area contributed by atoms with Crippen molar-refractivity contribution in [3.8, 4) is 5.95 Å². The molecule has 0 unspecified atom stereocenters. The summed E-state index contributed by atoms with van der Waals surface area (Å²) in [4.78, 5) is 14.0. The Morgan fingerprint density at radius 1 is 1.14 bits per heavy atom. The summed E-state index contributed by atoms with van der Waals surface area (Å²) < 4.78 is 1.54. The fourth-order valence-corrected chi connectivity index (χ4v) is 0.965. The van der Waals surface area contributed by atoms with Crippen LogP contribution in [0.1, 0.15) is 0 Å². The van der Waals surface area contributed by atoms with Crippen LogP contribution in [0.4, 0.5) is 5.95 Å². The van der Waals surface area contributed by atoms with Gasteiger partial charge in [-0.25, -0.2) is 9.97 Å². The summed E-state index contributed by atoms with van der Waals surface area (Å²) in [6, 6.07) is 1.76. The van der Waals surface area contributed by atoms with E-state index >= 15 is 0 Å². The smallest absolute Gasteiger partial charge is 0.252 e. The van der Waals surface area contributed by atoms with E-state index in [0.29, 0.717) is 11.9 Å². The van der Waals surface area contributed by atoms with E-state index in [9.17, 15) is 0 Å². The zero-order chi connectivity index (χ0) is 9.97. The first-order valence-corrected chi connectivity index (χ1v) is 4.14. The number of hydrogen-bond donors (Lipinski definition) is 0. The molecule has 2 heterocycles. The maximum atomic E-state index is 4.19. The minimum atomic E-state index is 0.521. The Balaban J connectivity index is 2.34. The molecule has 2 rings (SSSR count). The molecule has 0 aliphatic heterocycles. The highest BCUT2D eigenvalue weighted by Gasteiger charge is 2.04. The molecule has 14 heavy (non-hydrogen) atoms. The highest BCUT2D eigenvalue weighted by Crippen LogP contribution is 2.03. The molecule has 0 amide bonds. The van der Waals surface area contributed by atoms with E-state index in [1.54, 1.807) is 24.8 Å². The Hall–Kier alpha value is -1.98. The summed E-state index contributed by atoms with van der Waals surface area (Å²) in [6.45, 7) is 0. The molecular weight excluding hydrogens is 180 g/mol. The predicted molar refractivity (Wildman–Crippen MR) is 51.3 cm³/mol. The van der Waals surface area contributed by atoms with Gasteiger partial charge in [-0.2, -0.15) is 9.67 Å². The summed E-state index contributed by atoms with van der Waals surface area (Å²) in [5, 5.41) is 4.19. The molecular formula is C8H10N6. The Morgan fingerprint density at radius 3 is 2.43 bits per heavy atom. The Kier molecular flexibility index (Phi) is 2.10. The van der Waals surface area contributed by atoms with Crippen molar-refractivity contribution in [3.05, 3.63) is 24.8 Å². The Morgan fingerprint density at radius 2 is 1.86 bits per heavy atom. The third-order valence-corrected chi connectivity index (χ3v) is 1.64. The lowest BCUT2D eigenvalue weighted by Gasteiger charge is -2.04. The first kappa shape index (κ1) is 8.61. The van der Waals surface area contributed by atoms with Crippen molar-refractivity contribution in [2.75, 3.05) is 19.0 Å². The zero-order valence-electron chi connectivity index (χ0n) is 7.99. The van der Waals surface area contributed by atoms with Crippen LogP contribution >= 0.6 is 0 Å². The quantitative estimate of drug-likeness (QED) is 0.673. The summed E-state index contributed by atoms with van der Waals surface area (Å²) in [5.41, 5.74) is 0. The van der Waals surface area contributed by atoms with Gasteiger partial charge in [-0.1, -0.05) is 0 Å². The third-order valence-electron chi connectivity index (χ3n) is 1.64. The van der Waals surface area contributed by atoms with Gasteiger partial charge in [0.15, 0.2) is 0 Å². The number of anilines is 1.